The standard InChI is InChI=1S/C15H14F2O2/c1-9-3-4-12(17)8-15(9)19-14-6-5-11(16)7-13(14)10(2)18/h3-8,10,18H,1-2H3/t10-/m0/s1. The second-order valence-electron chi connectivity index (χ2n) is 4.37. The fourth-order valence-corrected chi connectivity index (χ4v) is 1.74. The first-order valence-corrected chi connectivity index (χ1v) is 5.89. The summed E-state index contributed by atoms with van der Waals surface area (Å²) in [5.74, 6) is -0.223. The topological polar surface area (TPSA) is 29.5 Å². The summed E-state index contributed by atoms with van der Waals surface area (Å²) >= 11 is 0. The van der Waals surface area contributed by atoms with E-state index in [1.165, 1.54) is 37.3 Å². The molecule has 19 heavy (non-hydrogen) atoms. The molecule has 2 rings (SSSR count). The van der Waals surface area contributed by atoms with Crippen LogP contribution >= 0.6 is 0 Å². The molecule has 100 valence electrons. The molecule has 2 nitrogen and oxygen atoms in total. The third-order valence-corrected chi connectivity index (χ3v) is 2.79. The SMILES string of the molecule is Cc1ccc(F)cc1Oc1ccc(F)cc1[C@H](C)O. The Kier molecular flexibility index (Phi) is 3.81. The van der Waals surface area contributed by atoms with Crippen molar-refractivity contribution in [1.82, 2.24) is 0 Å². The fraction of sp³-hybridized carbons (Fsp3) is 0.200. The fourth-order valence-electron chi connectivity index (χ4n) is 1.74. The van der Waals surface area contributed by atoms with Crippen LogP contribution in [0.3, 0.4) is 0 Å². The molecule has 0 bridgehead atoms. The Morgan fingerprint density at radius 1 is 1.00 bits per heavy atom. The zero-order valence-corrected chi connectivity index (χ0v) is 10.7. The highest BCUT2D eigenvalue weighted by molar-refractivity contribution is 5.42. The molecule has 1 atom stereocenters. The second-order valence-corrected chi connectivity index (χ2v) is 4.37. The molecule has 0 heterocycles. The van der Waals surface area contributed by atoms with E-state index in [0.29, 0.717) is 17.1 Å². The molecule has 0 aliphatic carbocycles. The normalized spacial score (nSPS) is 12.3. The molecule has 2 aromatic rings. The van der Waals surface area contributed by atoms with Crippen LogP contribution in [-0.2, 0) is 0 Å². The summed E-state index contributed by atoms with van der Waals surface area (Å²) in [5.41, 5.74) is 1.07. The van der Waals surface area contributed by atoms with Gasteiger partial charge in [0.25, 0.3) is 0 Å². The molecule has 0 spiro atoms. The Labute approximate surface area is 110 Å². The largest absolute Gasteiger partial charge is 0.457 e. The smallest absolute Gasteiger partial charge is 0.133 e. The molecule has 0 unspecified atom stereocenters. The van der Waals surface area contributed by atoms with E-state index in [2.05, 4.69) is 0 Å². The minimum Gasteiger partial charge on any atom is -0.457 e. The van der Waals surface area contributed by atoms with Crippen LogP contribution in [0.15, 0.2) is 36.4 Å². The van der Waals surface area contributed by atoms with E-state index in [4.69, 9.17) is 4.74 Å². The third-order valence-electron chi connectivity index (χ3n) is 2.79. The van der Waals surface area contributed by atoms with Gasteiger partial charge in [-0.1, -0.05) is 6.07 Å². The van der Waals surface area contributed by atoms with Gasteiger partial charge in [-0.15, -0.1) is 0 Å². The van der Waals surface area contributed by atoms with Gasteiger partial charge >= 0.3 is 0 Å². The van der Waals surface area contributed by atoms with Crippen molar-refractivity contribution >= 4 is 0 Å². The highest BCUT2D eigenvalue weighted by Gasteiger charge is 2.12. The predicted octanol–water partition coefficient (Wildman–Crippen LogP) is 4.12. The van der Waals surface area contributed by atoms with Crippen molar-refractivity contribution in [2.24, 2.45) is 0 Å². The molecule has 0 saturated carbocycles. The van der Waals surface area contributed by atoms with E-state index < -0.39 is 17.7 Å². The number of hydrogen-bond donors (Lipinski definition) is 1. The highest BCUT2D eigenvalue weighted by Crippen LogP contribution is 2.32. The minimum absolute atomic E-state index is 0.310. The van der Waals surface area contributed by atoms with E-state index in [-0.39, 0.29) is 0 Å². The molecule has 0 aromatic heterocycles. The molecule has 0 amide bonds. The lowest BCUT2D eigenvalue weighted by Gasteiger charge is -2.14. The maximum absolute atomic E-state index is 13.2. The van der Waals surface area contributed by atoms with Crippen LogP contribution in [0.5, 0.6) is 11.5 Å². The van der Waals surface area contributed by atoms with E-state index in [1.807, 2.05) is 0 Å². The third kappa shape index (κ3) is 3.09. The van der Waals surface area contributed by atoms with Gasteiger partial charge in [-0.25, -0.2) is 8.78 Å². The van der Waals surface area contributed by atoms with Crippen molar-refractivity contribution in [3.8, 4) is 11.5 Å². The first-order valence-electron chi connectivity index (χ1n) is 5.89. The zero-order chi connectivity index (χ0) is 14.0. The molecule has 0 radical (unpaired) electrons. The average molecular weight is 264 g/mol. The lowest BCUT2D eigenvalue weighted by molar-refractivity contribution is 0.195. The quantitative estimate of drug-likeness (QED) is 0.903. The molecule has 1 N–H and O–H groups in total. The van der Waals surface area contributed by atoms with Gasteiger partial charge in [0, 0.05) is 11.6 Å². The minimum atomic E-state index is -0.875. The van der Waals surface area contributed by atoms with Crippen LogP contribution in [0, 0.1) is 18.6 Å². The Morgan fingerprint density at radius 2 is 1.63 bits per heavy atom. The van der Waals surface area contributed by atoms with Gasteiger partial charge in [0.05, 0.1) is 6.10 Å². The number of benzene rings is 2. The van der Waals surface area contributed by atoms with Gasteiger partial charge in [0.2, 0.25) is 0 Å². The summed E-state index contributed by atoms with van der Waals surface area (Å²) in [6.45, 7) is 3.29. The lowest BCUT2D eigenvalue weighted by Crippen LogP contribution is -1.98. The zero-order valence-electron chi connectivity index (χ0n) is 10.7. The number of aliphatic hydroxyl groups excluding tert-OH is 1. The summed E-state index contributed by atoms with van der Waals surface area (Å²) in [7, 11) is 0. The van der Waals surface area contributed by atoms with Gasteiger partial charge in [-0.05, 0) is 43.7 Å². The second kappa shape index (κ2) is 5.36. The van der Waals surface area contributed by atoms with Crippen LogP contribution in [0.2, 0.25) is 0 Å². The van der Waals surface area contributed by atoms with Gasteiger partial charge in [0.1, 0.15) is 23.1 Å². The van der Waals surface area contributed by atoms with Crippen molar-refractivity contribution in [3.63, 3.8) is 0 Å². The Hall–Kier alpha value is -1.94. The van der Waals surface area contributed by atoms with Gasteiger partial charge in [0.15, 0.2) is 0 Å². The monoisotopic (exact) mass is 264 g/mol. The van der Waals surface area contributed by atoms with E-state index >= 15 is 0 Å². The Balaban J connectivity index is 2.40. The summed E-state index contributed by atoms with van der Waals surface area (Å²) < 4.78 is 31.9. The van der Waals surface area contributed by atoms with E-state index in [1.54, 1.807) is 13.0 Å². The number of aryl methyl sites for hydroxylation is 1. The summed E-state index contributed by atoms with van der Waals surface area (Å²) in [4.78, 5) is 0. The molecule has 0 aliphatic rings. The predicted molar refractivity (Wildman–Crippen MR) is 68.2 cm³/mol. The van der Waals surface area contributed by atoms with Crippen molar-refractivity contribution in [3.05, 3.63) is 59.2 Å². The van der Waals surface area contributed by atoms with Crippen molar-refractivity contribution in [2.75, 3.05) is 0 Å². The lowest BCUT2D eigenvalue weighted by atomic mass is 10.1. The van der Waals surface area contributed by atoms with Crippen molar-refractivity contribution < 1.29 is 18.6 Å². The van der Waals surface area contributed by atoms with Crippen LogP contribution < -0.4 is 4.74 Å². The van der Waals surface area contributed by atoms with Crippen LogP contribution in [0.4, 0.5) is 8.78 Å². The summed E-state index contributed by atoms with van der Waals surface area (Å²) in [5, 5.41) is 9.61. The first-order chi connectivity index (χ1) is 8.97. The molecular formula is C15H14F2O2. The number of rotatable bonds is 3. The molecular weight excluding hydrogens is 250 g/mol. The number of aliphatic hydroxyl groups is 1. The molecule has 2 aromatic carbocycles. The molecule has 0 fully saturated rings. The van der Waals surface area contributed by atoms with Crippen LogP contribution in [0.1, 0.15) is 24.2 Å². The van der Waals surface area contributed by atoms with Crippen molar-refractivity contribution in [2.45, 2.75) is 20.0 Å². The van der Waals surface area contributed by atoms with Gasteiger partial charge < -0.3 is 9.84 Å². The van der Waals surface area contributed by atoms with Crippen molar-refractivity contribution in [1.29, 1.82) is 0 Å². The molecule has 4 heteroatoms. The maximum atomic E-state index is 13.2. The van der Waals surface area contributed by atoms with E-state index in [0.717, 1.165) is 5.56 Å². The molecule has 0 aliphatic heterocycles. The number of halogens is 2. The summed E-state index contributed by atoms with van der Waals surface area (Å²) in [6, 6.07) is 8.04. The van der Waals surface area contributed by atoms with Crippen LogP contribution in [0.25, 0.3) is 0 Å². The van der Waals surface area contributed by atoms with E-state index in [9.17, 15) is 13.9 Å². The summed E-state index contributed by atoms with van der Waals surface area (Å²) in [6.07, 6.45) is -0.875. The molecule has 0 saturated heterocycles. The van der Waals surface area contributed by atoms with Crippen LogP contribution in [-0.4, -0.2) is 5.11 Å². The maximum Gasteiger partial charge on any atom is 0.133 e. The highest BCUT2D eigenvalue weighted by atomic mass is 19.1. The number of hydrogen-bond acceptors (Lipinski definition) is 2. The van der Waals surface area contributed by atoms with Gasteiger partial charge in [-0.3, -0.25) is 0 Å². The number of ether oxygens (including phenoxy) is 1. The average Bonchev–Trinajstić information content (AvgIpc) is 2.35. The first kappa shape index (κ1) is 13.5. The van der Waals surface area contributed by atoms with Gasteiger partial charge in [-0.2, -0.15) is 0 Å². The Morgan fingerprint density at radius 3 is 2.32 bits per heavy atom. The Bertz CT molecular complexity index is 595.